The van der Waals surface area contributed by atoms with E-state index in [1.54, 1.807) is 0 Å². The van der Waals surface area contributed by atoms with Crippen molar-refractivity contribution in [2.45, 2.75) is 0 Å². The molecule has 11 heavy (non-hydrogen) atoms. The molecule has 4 nitrogen and oxygen atoms in total. The average molecular weight is 163 g/mol. The number of nitrogens with one attached hydrogen (secondary N) is 3. The maximum atomic E-state index is 7.48. The van der Waals surface area contributed by atoms with Gasteiger partial charge in [0, 0.05) is 39.3 Å². The fourth-order valence-corrected chi connectivity index (χ4v) is 0.635. The second-order valence-corrected chi connectivity index (χ2v) is 2.20. The SMILES string of the molecule is [2H]NCCN([2H])CCN([2H])CCNC. The van der Waals surface area contributed by atoms with Gasteiger partial charge in [-0.15, -0.1) is 0 Å². The first-order valence-corrected chi connectivity index (χ1v) is 3.97. The van der Waals surface area contributed by atoms with Crippen LogP contribution in [-0.4, -0.2) is 46.3 Å². The Morgan fingerprint density at radius 3 is 2.45 bits per heavy atom. The Hall–Kier alpha value is -0.160. The van der Waals surface area contributed by atoms with Crippen molar-refractivity contribution >= 4 is 0 Å². The number of hydrogen-bond acceptors (Lipinski definition) is 4. The van der Waals surface area contributed by atoms with E-state index in [4.69, 9.17) is 4.24 Å². The van der Waals surface area contributed by atoms with Gasteiger partial charge in [-0.25, -0.2) is 0 Å². The molecule has 0 aromatic carbocycles. The molecule has 4 heteroatoms. The van der Waals surface area contributed by atoms with Crippen LogP contribution in [0.4, 0.5) is 0 Å². The predicted molar refractivity (Wildman–Crippen MR) is 48.7 cm³/mol. The van der Waals surface area contributed by atoms with Crippen molar-refractivity contribution in [3.8, 4) is 0 Å². The van der Waals surface area contributed by atoms with E-state index in [0.717, 1.165) is 6.54 Å². The lowest BCUT2D eigenvalue weighted by Crippen LogP contribution is -2.33. The first-order chi connectivity index (χ1) is 6.70. The van der Waals surface area contributed by atoms with Crippen LogP contribution < -0.4 is 21.7 Å². The minimum Gasteiger partial charge on any atom is -0.329 e. The van der Waals surface area contributed by atoms with Gasteiger partial charge in [0.2, 0.25) is 0 Å². The lowest BCUT2D eigenvalue weighted by Gasteiger charge is -2.04. The molecule has 0 atom stereocenters. The minimum absolute atomic E-state index is 0.484. The van der Waals surface area contributed by atoms with Gasteiger partial charge in [-0.1, -0.05) is 0 Å². The summed E-state index contributed by atoms with van der Waals surface area (Å²) in [4.78, 5) is 0. The maximum Gasteiger partial charge on any atom is 0.122 e. The van der Waals surface area contributed by atoms with Crippen LogP contribution in [-0.2, 0) is 0 Å². The van der Waals surface area contributed by atoms with Gasteiger partial charge in [-0.05, 0) is 7.05 Å². The molecule has 0 aromatic heterocycles. The van der Waals surface area contributed by atoms with E-state index in [0.29, 0.717) is 32.7 Å². The zero-order valence-corrected chi connectivity index (χ0v) is 7.14. The molecule has 0 unspecified atom stereocenters. The molecule has 5 N–H and O–H groups in total. The van der Waals surface area contributed by atoms with Crippen LogP contribution in [0.3, 0.4) is 0 Å². The minimum atomic E-state index is 0.484. The van der Waals surface area contributed by atoms with Crippen LogP contribution in [0.2, 0.25) is 4.24 Å². The summed E-state index contributed by atoms with van der Waals surface area (Å²) in [6, 6.07) is 0. The molecule has 0 aromatic rings. The quantitative estimate of drug-likeness (QED) is 0.329. The third-order valence-electron chi connectivity index (χ3n) is 1.21. The number of likely N-dealkylation sites (N-methyl/N-ethyl adjacent to an activating group) is 1. The lowest BCUT2D eigenvalue weighted by atomic mass is 10.5. The summed E-state index contributed by atoms with van der Waals surface area (Å²) in [6.07, 6.45) is 0. The summed E-state index contributed by atoms with van der Waals surface area (Å²) in [7, 11) is 1.85. The highest BCUT2D eigenvalue weighted by Crippen LogP contribution is 1.58. The summed E-state index contributed by atoms with van der Waals surface area (Å²) < 4.78 is 21.6. The number of nitrogens with two attached hydrogens (primary N) is 1. The molecule has 0 heterocycles. The van der Waals surface area contributed by atoms with Crippen molar-refractivity contribution in [2.24, 2.45) is 5.73 Å². The molecular formula is C7H20N4. The van der Waals surface area contributed by atoms with Crippen molar-refractivity contribution in [1.29, 1.82) is 0 Å². The van der Waals surface area contributed by atoms with Gasteiger partial charge in [0.25, 0.3) is 0 Å². The van der Waals surface area contributed by atoms with Crippen LogP contribution >= 0.6 is 0 Å². The summed E-state index contributed by atoms with van der Waals surface area (Å²) in [5.74, 6) is 0. The molecular weight excluding hydrogens is 140 g/mol. The van der Waals surface area contributed by atoms with E-state index in [9.17, 15) is 0 Å². The highest BCUT2D eigenvalue weighted by molar-refractivity contribution is 4.52. The second kappa shape index (κ2) is 9.84. The van der Waals surface area contributed by atoms with E-state index in [-0.39, 0.29) is 0 Å². The Labute approximate surface area is 73.3 Å². The van der Waals surface area contributed by atoms with Gasteiger partial charge in [0.1, 0.15) is 4.24 Å². The van der Waals surface area contributed by atoms with Crippen LogP contribution in [0.25, 0.3) is 0 Å². The Balaban J connectivity index is 3.31. The van der Waals surface area contributed by atoms with Crippen molar-refractivity contribution in [3.63, 3.8) is 0 Å². The van der Waals surface area contributed by atoms with Gasteiger partial charge in [-0.2, -0.15) is 0 Å². The van der Waals surface area contributed by atoms with Crippen molar-refractivity contribution in [1.82, 2.24) is 15.9 Å². The van der Waals surface area contributed by atoms with Gasteiger partial charge >= 0.3 is 0 Å². The van der Waals surface area contributed by atoms with E-state index < -0.39 is 0 Å². The lowest BCUT2D eigenvalue weighted by molar-refractivity contribution is 0.602. The zero-order chi connectivity index (χ0) is 10.8. The van der Waals surface area contributed by atoms with E-state index >= 15 is 0 Å². The first kappa shape index (κ1) is 6.37. The van der Waals surface area contributed by atoms with Crippen LogP contribution in [0.15, 0.2) is 0 Å². The summed E-state index contributed by atoms with van der Waals surface area (Å²) in [5.41, 5.74) is 2.24. The first-order valence-electron chi connectivity index (χ1n) is 5.37. The molecule has 0 aliphatic rings. The molecule has 68 valence electrons. The third kappa shape index (κ3) is 9.84. The van der Waals surface area contributed by atoms with E-state index in [1.807, 2.05) is 7.05 Å². The zero-order valence-electron chi connectivity index (χ0n) is 10.1. The molecule has 0 fully saturated rings. The van der Waals surface area contributed by atoms with Crippen molar-refractivity contribution < 1.29 is 4.24 Å². The van der Waals surface area contributed by atoms with Gasteiger partial charge in [-0.3, -0.25) is 0 Å². The molecule has 0 saturated carbocycles. The third-order valence-corrected chi connectivity index (χ3v) is 1.21. The molecule has 0 bridgehead atoms. The Kier molecular flexibility index (Phi) is 5.69. The molecule has 0 aliphatic heterocycles. The highest BCUT2D eigenvalue weighted by atomic mass is 15.0. The standard InChI is InChI=1S/C7H20N4/c1-9-4-5-11-7-6-10-3-2-8/h9-11H,2-8H2,1H3/i/hD3. The Bertz CT molecular complexity index is 114. The molecule has 0 rings (SSSR count). The summed E-state index contributed by atoms with van der Waals surface area (Å²) in [5, 5.41) is 5.76. The van der Waals surface area contributed by atoms with Crippen molar-refractivity contribution in [3.05, 3.63) is 0 Å². The van der Waals surface area contributed by atoms with Gasteiger partial charge in [0.05, 0.1) is 0 Å². The van der Waals surface area contributed by atoms with Crippen LogP contribution in [0, 0.1) is 0 Å². The fourth-order valence-electron chi connectivity index (χ4n) is 0.635. The van der Waals surface area contributed by atoms with Crippen molar-refractivity contribution in [2.75, 3.05) is 46.3 Å². The molecule has 0 amide bonds. The summed E-state index contributed by atoms with van der Waals surface area (Å²) >= 11 is 0. The normalized spacial score (nSPS) is 15.0. The van der Waals surface area contributed by atoms with Gasteiger partial charge in [0.15, 0.2) is 0 Å². The Morgan fingerprint density at radius 1 is 1.18 bits per heavy atom. The fraction of sp³-hybridized carbons (Fsp3) is 1.00. The highest BCUT2D eigenvalue weighted by Gasteiger charge is 1.85. The molecule has 0 spiro atoms. The smallest absolute Gasteiger partial charge is 0.122 e. The second-order valence-electron chi connectivity index (χ2n) is 2.20. The number of rotatable bonds is 9. The van der Waals surface area contributed by atoms with E-state index in [1.165, 1.54) is 10.6 Å². The van der Waals surface area contributed by atoms with E-state index in [2.05, 4.69) is 11.0 Å². The van der Waals surface area contributed by atoms with Crippen LogP contribution in [0.5, 0.6) is 0 Å². The number of hydrogen-bond donors (Lipinski definition) is 4. The molecule has 0 aliphatic carbocycles. The van der Waals surface area contributed by atoms with Crippen LogP contribution in [0.1, 0.15) is 0 Å². The topological polar surface area (TPSA) is 62.1 Å². The van der Waals surface area contributed by atoms with Gasteiger partial charge < -0.3 is 21.7 Å². The summed E-state index contributed by atoms with van der Waals surface area (Å²) in [6.45, 7) is 3.55. The monoisotopic (exact) mass is 163 g/mol. The molecule has 0 radical (unpaired) electrons. The molecule has 0 saturated heterocycles. The predicted octanol–water partition coefficient (Wildman–Crippen LogP) is -1.66. The average Bonchev–Trinajstić information content (AvgIpc) is 2.20. The largest absolute Gasteiger partial charge is 0.329 e. The Morgan fingerprint density at radius 2 is 1.82 bits per heavy atom. The maximum absolute atomic E-state index is 7.48.